The zero-order valence-electron chi connectivity index (χ0n) is 27.2. The number of hydrogen-bond acceptors (Lipinski definition) is 11. The van der Waals surface area contributed by atoms with Gasteiger partial charge >= 0.3 is 0 Å². The van der Waals surface area contributed by atoms with Crippen molar-refractivity contribution in [1.82, 2.24) is 24.6 Å². The number of aliphatic hydroxyl groups is 1. The highest BCUT2D eigenvalue weighted by Gasteiger charge is 2.38. The average Bonchev–Trinajstić information content (AvgIpc) is 3.22. The van der Waals surface area contributed by atoms with Crippen molar-refractivity contribution >= 4 is 11.6 Å². The van der Waals surface area contributed by atoms with Crippen LogP contribution in [0.5, 0.6) is 11.6 Å². The zero-order valence-corrected chi connectivity index (χ0v) is 27.2. The molecule has 1 aromatic carbocycles. The van der Waals surface area contributed by atoms with E-state index < -0.39 is 5.60 Å². The summed E-state index contributed by atoms with van der Waals surface area (Å²) in [6.07, 6.45) is 14.7. The summed E-state index contributed by atoms with van der Waals surface area (Å²) in [6.45, 7) is 5.37. The molecule has 12 heteroatoms. The Labute approximate surface area is 276 Å². The smallest absolute Gasteiger partial charge is 0.257 e. The maximum absolute atomic E-state index is 10.7. The molecule has 3 atom stereocenters. The van der Waals surface area contributed by atoms with Crippen molar-refractivity contribution in [2.24, 2.45) is 11.7 Å². The Morgan fingerprint density at radius 2 is 1.85 bits per heavy atom. The van der Waals surface area contributed by atoms with E-state index in [-0.39, 0.29) is 18.8 Å². The Morgan fingerprint density at radius 1 is 1.09 bits per heavy atom. The molecule has 5 heterocycles. The number of aromatic nitrogens is 4. The number of nitrogens with two attached hydrogens (primary N) is 1. The standard InChI is InChI=1S/C35H46N8O4/c1-23(14-36)47-32-13-25(4-5-26(32)15-37)27-16-38-34(39-17-27)40-31-19-43(41-33(31)46-22-35(44)11-2-12-35)29-9-7-28(8-10-29)42-18-24-3-6-30(42)21-45-20-24/h4-5,13,16-17,19,23-24,28-30,44H,2-3,6-12,14,18,20-22,36H2,1H3,(H,38,39,40)/t23-,24?,28?,29?,30-/m0/s1. The highest BCUT2D eigenvalue weighted by atomic mass is 16.5. The first-order chi connectivity index (χ1) is 22.9. The molecule has 3 aromatic rings. The van der Waals surface area contributed by atoms with Crippen molar-refractivity contribution in [2.45, 2.75) is 94.5 Å². The van der Waals surface area contributed by atoms with Gasteiger partial charge in [0.2, 0.25) is 5.95 Å². The van der Waals surface area contributed by atoms with Gasteiger partial charge in [0, 0.05) is 43.1 Å². The summed E-state index contributed by atoms with van der Waals surface area (Å²) in [7, 11) is 0. The van der Waals surface area contributed by atoms with Crippen LogP contribution in [0.1, 0.15) is 76.3 Å². The molecule has 3 aliphatic heterocycles. The maximum atomic E-state index is 10.7. The zero-order chi connectivity index (χ0) is 32.4. The van der Waals surface area contributed by atoms with E-state index in [0.29, 0.717) is 53.4 Å². The van der Waals surface area contributed by atoms with Crippen LogP contribution in [-0.2, 0) is 4.74 Å². The molecule has 5 aliphatic rings. The maximum Gasteiger partial charge on any atom is 0.257 e. The summed E-state index contributed by atoms with van der Waals surface area (Å²) in [5, 5.41) is 28.4. The first-order valence-electron chi connectivity index (χ1n) is 17.2. The van der Waals surface area contributed by atoms with Gasteiger partial charge in [0.15, 0.2) is 0 Å². The third-order valence-corrected chi connectivity index (χ3v) is 10.5. The molecule has 1 unspecified atom stereocenters. The van der Waals surface area contributed by atoms with E-state index in [9.17, 15) is 10.4 Å². The molecule has 2 aromatic heterocycles. The van der Waals surface area contributed by atoms with E-state index in [2.05, 4.69) is 26.3 Å². The second-order valence-corrected chi connectivity index (χ2v) is 13.9. The SMILES string of the molecule is C[C@@H](CN)Oc1cc(-c2cnc(Nc3cn(C4CCC(N5CC6CC[C@H]5COC6)CC4)nc3OCC3(O)CCC3)nc2)ccc1C#N. The topological polar surface area (TPSA) is 157 Å². The van der Waals surface area contributed by atoms with Crippen LogP contribution in [0.25, 0.3) is 11.1 Å². The molecule has 0 amide bonds. The van der Waals surface area contributed by atoms with Crippen LogP contribution in [0.4, 0.5) is 11.6 Å². The van der Waals surface area contributed by atoms with Crippen molar-refractivity contribution in [3.8, 4) is 28.8 Å². The highest BCUT2D eigenvalue weighted by Crippen LogP contribution is 2.39. The summed E-state index contributed by atoms with van der Waals surface area (Å²) < 4.78 is 20.0. The molecule has 250 valence electrons. The quantitative estimate of drug-likeness (QED) is 0.269. The molecular weight excluding hydrogens is 596 g/mol. The number of piperidine rings is 1. The fraction of sp³-hybridized carbons (Fsp3) is 0.600. The Kier molecular flexibility index (Phi) is 9.32. The molecule has 5 fully saturated rings. The van der Waals surface area contributed by atoms with Gasteiger partial charge in [-0.1, -0.05) is 6.07 Å². The van der Waals surface area contributed by atoms with Crippen molar-refractivity contribution in [1.29, 1.82) is 5.26 Å². The first-order valence-corrected chi connectivity index (χ1v) is 17.2. The fourth-order valence-electron chi connectivity index (χ4n) is 7.43. The van der Waals surface area contributed by atoms with Crippen molar-refractivity contribution in [3.63, 3.8) is 0 Å². The van der Waals surface area contributed by atoms with Crippen molar-refractivity contribution in [2.75, 3.05) is 38.2 Å². The molecule has 12 nitrogen and oxygen atoms in total. The van der Waals surface area contributed by atoms with Gasteiger partial charge in [-0.25, -0.2) is 9.97 Å². The Bertz CT molecular complexity index is 1560. The minimum absolute atomic E-state index is 0.205. The van der Waals surface area contributed by atoms with Crippen LogP contribution in [0, 0.1) is 17.2 Å². The summed E-state index contributed by atoms with van der Waals surface area (Å²) in [4.78, 5) is 11.9. The normalized spacial score (nSPS) is 26.1. The van der Waals surface area contributed by atoms with Crippen LogP contribution in [0.2, 0.25) is 0 Å². The summed E-state index contributed by atoms with van der Waals surface area (Å²) >= 11 is 0. The molecule has 47 heavy (non-hydrogen) atoms. The Hall–Kier alpha value is -3.76. The lowest BCUT2D eigenvalue weighted by Gasteiger charge is -2.43. The molecular formula is C35H46N8O4. The van der Waals surface area contributed by atoms with E-state index in [1.54, 1.807) is 18.5 Å². The van der Waals surface area contributed by atoms with Crippen LogP contribution in [0.3, 0.4) is 0 Å². The lowest BCUT2D eigenvalue weighted by molar-refractivity contribution is -0.0672. The largest absolute Gasteiger partial charge is 0.488 e. The summed E-state index contributed by atoms with van der Waals surface area (Å²) in [5.74, 6) is 2.01. The van der Waals surface area contributed by atoms with Gasteiger partial charge in [-0.05, 0) is 88.3 Å². The van der Waals surface area contributed by atoms with E-state index in [1.807, 2.05) is 29.9 Å². The van der Waals surface area contributed by atoms with Gasteiger partial charge in [0.1, 0.15) is 30.2 Å². The molecule has 2 aliphatic carbocycles. The first kappa shape index (κ1) is 31.8. The van der Waals surface area contributed by atoms with E-state index in [1.165, 1.54) is 19.4 Å². The van der Waals surface area contributed by atoms with E-state index >= 15 is 0 Å². The number of rotatable bonds is 11. The molecule has 0 spiro atoms. The number of nitriles is 1. The van der Waals surface area contributed by atoms with Crippen LogP contribution >= 0.6 is 0 Å². The van der Waals surface area contributed by atoms with Crippen LogP contribution < -0.4 is 20.5 Å². The molecule has 4 N–H and O–H groups in total. The van der Waals surface area contributed by atoms with Gasteiger partial charge < -0.3 is 30.4 Å². The van der Waals surface area contributed by atoms with E-state index in [4.69, 9.17) is 25.0 Å². The number of nitrogens with one attached hydrogen (secondary N) is 1. The minimum atomic E-state index is -0.793. The molecule has 3 saturated heterocycles. The van der Waals surface area contributed by atoms with Gasteiger partial charge in [-0.2, -0.15) is 5.26 Å². The predicted octanol–water partition coefficient (Wildman–Crippen LogP) is 4.57. The lowest BCUT2D eigenvalue weighted by atomic mass is 9.81. The number of benzene rings is 1. The van der Waals surface area contributed by atoms with E-state index in [0.717, 1.165) is 69.3 Å². The third-order valence-electron chi connectivity index (χ3n) is 10.5. The lowest BCUT2D eigenvalue weighted by Crippen LogP contribution is -2.50. The van der Waals surface area contributed by atoms with Gasteiger partial charge in [-0.15, -0.1) is 5.10 Å². The summed E-state index contributed by atoms with van der Waals surface area (Å²) in [5.41, 5.74) is 7.67. The predicted molar refractivity (Wildman–Crippen MR) is 176 cm³/mol. The third kappa shape index (κ3) is 7.09. The van der Waals surface area contributed by atoms with Crippen LogP contribution in [0.15, 0.2) is 36.8 Å². The van der Waals surface area contributed by atoms with Crippen molar-refractivity contribution < 1.29 is 19.3 Å². The fourth-order valence-corrected chi connectivity index (χ4v) is 7.43. The van der Waals surface area contributed by atoms with Crippen molar-refractivity contribution in [3.05, 3.63) is 42.4 Å². The second-order valence-electron chi connectivity index (χ2n) is 13.9. The molecule has 2 saturated carbocycles. The van der Waals surface area contributed by atoms with Gasteiger partial charge in [0.25, 0.3) is 5.88 Å². The number of ether oxygens (including phenoxy) is 3. The Balaban J connectivity index is 1.05. The number of fused-ring (bicyclic) bond motifs is 4. The van der Waals surface area contributed by atoms with Gasteiger partial charge in [0.05, 0.1) is 36.6 Å². The molecule has 0 radical (unpaired) electrons. The highest BCUT2D eigenvalue weighted by molar-refractivity contribution is 5.67. The summed E-state index contributed by atoms with van der Waals surface area (Å²) in [6, 6.07) is 9.01. The monoisotopic (exact) mass is 642 g/mol. The second kappa shape index (κ2) is 13.8. The number of nitrogens with zero attached hydrogens (tertiary/aromatic N) is 6. The molecule has 8 rings (SSSR count). The number of anilines is 2. The minimum Gasteiger partial charge on any atom is -0.488 e. The number of hydrogen-bond donors (Lipinski definition) is 3. The van der Waals surface area contributed by atoms with Gasteiger partial charge in [-0.3, -0.25) is 9.58 Å². The Morgan fingerprint density at radius 3 is 2.57 bits per heavy atom. The van der Waals surface area contributed by atoms with Crippen LogP contribution in [-0.4, -0.2) is 86.5 Å². The average molecular weight is 643 g/mol. The molecule has 2 bridgehead atoms.